The van der Waals surface area contributed by atoms with E-state index in [1.165, 1.54) is 51.4 Å². The fraction of sp³-hybridized carbons (Fsp3) is 0.648. The van der Waals surface area contributed by atoms with Gasteiger partial charge in [0.15, 0.2) is 0 Å². The Morgan fingerprint density at radius 2 is 0.968 bits per heavy atom. The minimum Gasteiger partial charge on any atom is -0.387 e. The minimum absolute atomic E-state index is 0.0456. The lowest BCUT2D eigenvalue weighted by atomic mass is 10.1. The van der Waals surface area contributed by atoms with Crippen LogP contribution in [0.4, 0.5) is 0 Å². The van der Waals surface area contributed by atoms with E-state index >= 15 is 0 Å². The van der Waals surface area contributed by atoms with E-state index in [-0.39, 0.29) is 19.1 Å². The number of carbonyl (C=O) groups is 1. The van der Waals surface area contributed by atoms with Crippen LogP contribution in [0.1, 0.15) is 174 Å². The average Bonchev–Trinajstić information content (AvgIpc) is 3.24. The zero-order valence-corrected chi connectivity index (χ0v) is 41.7. The van der Waals surface area contributed by atoms with Gasteiger partial charge in [0.05, 0.1) is 39.9 Å². The molecule has 0 spiro atoms. The Morgan fingerprint density at radius 3 is 1.46 bits per heavy atom. The number of unbranched alkanes of at least 4 members (excludes halogenated alkanes) is 14. The van der Waals surface area contributed by atoms with Crippen LogP contribution in [-0.2, 0) is 18.4 Å². The van der Waals surface area contributed by atoms with E-state index in [4.69, 9.17) is 9.05 Å². The number of allylic oxidation sites excluding steroid dienone is 17. The number of phosphoric ester groups is 1. The van der Waals surface area contributed by atoms with Crippen molar-refractivity contribution in [2.75, 3.05) is 40.9 Å². The molecule has 3 atom stereocenters. The first-order valence-corrected chi connectivity index (χ1v) is 26.3. The van der Waals surface area contributed by atoms with Gasteiger partial charge in [-0.25, -0.2) is 4.57 Å². The first-order valence-electron chi connectivity index (χ1n) is 24.8. The predicted octanol–water partition coefficient (Wildman–Crippen LogP) is 14.5. The van der Waals surface area contributed by atoms with E-state index in [0.717, 1.165) is 103 Å². The summed E-state index contributed by atoms with van der Waals surface area (Å²) in [5, 5.41) is 13.8. The number of quaternary nitrogens is 1. The van der Waals surface area contributed by atoms with Gasteiger partial charge in [0.25, 0.3) is 0 Å². The van der Waals surface area contributed by atoms with Gasteiger partial charge < -0.3 is 19.8 Å². The molecular formula is C54H94N2O6P+. The Morgan fingerprint density at radius 1 is 0.556 bits per heavy atom. The average molecular weight is 898 g/mol. The highest BCUT2D eigenvalue weighted by Gasteiger charge is 2.27. The quantitative estimate of drug-likeness (QED) is 0.0244. The SMILES string of the molecule is CC/C=C\C/C=C\C/C=C\C/C=C\C/C=C\C/C=C\C/C=C\CCCCCCCC(=O)NC(COP(=O)(O)OCC[N+](C)(C)C)C(O)/C=C/CC/C=C/CCCCCCCCCC. The maximum Gasteiger partial charge on any atom is 0.472 e. The molecule has 0 aliphatic heterocycles. The van der Waals surface area contributed by atoms with Crippen molar-refractivity contribution in [3.8, 4) is 0 Å². The molecular weight excluding hydrogens is 804 g/mol. The van der Waals surface area contributed by atoms with Crippen LogP contribution < -0.4 is 5.32 Å². The van der Waals surface area contributed by atoms with Crippen LogP contribution in [0.3, 0.4) is 0 Å². The molecule has 360 valence electrons. The van der Waals surface area contributed by atoms with Gasteiger partial charge in [-0.3, -0.25) is 13.8 Å². The van der Waals surface area contributed by atoms with Crippen LogP contribution in [0, 0.1) is 0 Å². The van der Waals surface area contributed by atoms with Crippen molar-refractivity contribution in [3.05, 3.63) is 109 Å². The maximum absolute atomic E-state index is 12.9. The predicted molar refractivity (Wildman–Crippen MR) is 272 cm³/mol. The van der Waals surface area contributed by atoms with Crippen molar-refractivity contribution in [1.29, 1.82) is 0 Å². The Kier molecular flexibility index (Phi) is 42.4. The number of carbonyl (C=O) groups excluding carboxylic acids is 1. The molecule has 63 heavy (non-hydrogen) atoms. The van der Waals surface area contributed by atoms with Crippen molar-refractivity contribution >= 4 is 13.7 Å². The highest BCUT2D eigenvalue weighted by Crippen LogP contribution is 2.43. The molecule has 8 nitrogen and oxygen atoms in total. The van der Waals surface area contributed by atoms with Crippen LogP contribution >= 0.6 is 7.82 Å². The zero-order valence-electron chi connectivity index (χ0n) is 40.8. The Bertz CT molecular complexity index is 1390. The summed E-state index contributed by atoms with van der Waals surface area (Å²) in [4.78, 5) is 23.2. The lowest BCUT2D eigenvalue weighted by Gasteiger charge is -2.25. The van der Waals surface area contributed by atoms with Crippen LogP contribution in [0.25, 0.3) is 0 Å². The van der Waals surface area contributed by atoms with Crippen LogP contribution in [0.2, 0.25) is 0 Å². The normalized spacial score (nSPS) is 15.1. The summed E-state index contributed by atoms with van der Waals surface area (Å²) in [6.07, 6.45) is 64.5. The number of nitrogens with one attached hydrogen (secondary N) is 1. The van der Waals surface area contributed by atoms with E-state index in [0.29, 0.717) is 17.4 Å². The van der Waals surface area contributed by atoms with Crippen molar-refractivity contribution in [2.45, 2.75) is 187 Å². The van der Waals surface area contributed by atoms with Gasteiger partial charge in [-0.05, 0) is 89.9 Å². The Labute approximate surface area is 387 Å². The molecule has 0 aromatic heterocycles. The maximum atomic E-state index is 12.9. The monoisotopic (exact) mass is 898 g/mol. The molecule has 3 N–H and O–H groups in total. The second-order valence-electron chi connectivity index (χ2n) is 17.4. The summed E-state index contributed by atoms with van der Waals surface area (Å²) < 4.78 is 23.6. The lowest BCUT2D eigenvalue weighted by Crippen LogP contribution is -2.45. The second kappa shape index (κ2) is 44.4. The Hall–Kier alpha value is -2.84. The molecule has 0 bridgehead atoms. The standard InChI is InChI=1S/C54H93N2O6P/c1-6-8-10-12-14-16-18-20-22-23-24-25-26-27-28-29-30-31-32-33-34-36-38-40-42-44-46-48-54(58)55-52(51-62-63(59,60)61-50-49-56(3,4)5)53(57)47-45-43-41-39-37-35-21-19-17-15-13-11-9-7-2/h8,10,14,16,20,22,24-25,27-28,30-31,33-34,37,39,45,47,52-53,57H,6-7,9,11-13,15,17-19,21,23,26,29,32,35-36,38,40-44,46,48-51H2,1-5H3,(H-,55,58,59,60)/p+1/b10-8-,16-14-,22-20-,25-24-,28-27-,31-30-,34-33-,39-37+,47-45+. The largest absolute Gasteiger partial charge is 0.472 e. The number of phosphoric acid groups is 1. The minimum atomic E-state index is -4.36. The number of amides is 1. The Balaban J connectivity index is 4.40. The van der Waals surface area contributed by atoms with E-state index in [1.807, 2.05) is 27.2 Å². The second-order valence-corrected chi connectivity index (χ2v) is 18.9. The summed E-state index contributed by atoms with van der Waals surface area (Å²) in [7, 11) is 1.52. The molecule has 0 fully saturated rings. The summed E-state index contributed by atoms with van der Waals surface area (Å²) in [5.41, 5.74) is 0. The molecule has 0 aromatic carbocycles. The number of rotatable bonds is 43. The summed E-state index contributed by atoms with van der Waals surface area (Å²) in [6.45, 7) is 4.63. The molecule has 0 saturated heterocycles. The molecule has 3 unspecified atom stereocenters. The molecule has 0 aliphatic carbocycles. The molecule has 0 saturated carbocycles. The first-order chi connectivity index (χ1) is 30.5. The molecule has 0 heterocycles. The molecule has 0 rings (SSSR count). The van der Waals surface area contributed by atoms with E-state index in [1.54, 1.807) is 6.08 Å². The van der Waals surface area contributed by atoms with Crippen LogP contribution in [0.15, 0.2) is 109 Å². The third kappa shape index (κ3) is 47.0. The number of nitrogens with zero attached hydrogens (tertiary/aromatic N) is 1. The first kappa shape index (κ1) is 60.2. The summed E-state index contributed by atoms with van der Waals surface area (Å²) >= 11 is 0. The summed E-state index contributed by atoms with van der Waals surface area (Å²) in [6, 6.07) is -0.881. The van der Waals surface area contributed by atoms with Gasteiger partial charge in [-0.1, -0.05) is 187 Å². The summed E-state index contributed by atoms with van der Waals surface area (Å²) in [5.74, 6) is -0.212. The van der Waals surface area contributed by atoms with Crippen molar-refractivity contribution in [1.82, 2.24) is 5.32 Å². The fourth-order valence-electron chi connectivity index (χ4n) is 6.33. The van der Waals surface area contributed by atoms with E-state index in [9.17, 15) is 19.4 Å². The number of hydrogen-bond donors (Lipinski definition) is 3. The fourth-order valence-corrected chi connectivity index (χ4v) is 7.06. The topological polar surface area (TPSA) is 105 Å². The smallest absolute Gasteiger partial charge is 0.387 e. The number of likely N-dealkylation sites (N-methyl/N-ethyl adjacent to an activating group) is 1. The van der Waals surface area contributed by atoms with Gasteiger partial charge in [-0.15, -0.1) is 0 Å². The highest BCUT2D eigenvalue weighted by molar-refractivity contribution is 7.47. The molecule has 0 aromatic rings. The van der Waals surface area contributed by atoms with Crippen molar-refractivity contribution in [3.63, 3.8) is 0 Å². The van der Waals surface area contributed by atoms with Gasteiger partial charge in [-0.2, -0.15) is 0 Å². The van der Waals surface area contributed by atoms with Gasteiger partial charge in [0, 0.05) is 6.42 Å². The van der Waals surface area contributed by atoms with Crippen LogP contribution in [0.5, 0.6) is 0 Å². The van der Waals surface area contributed by atoms with Crippen molar-refractivity contribution < 1.29 is 32.9 Å². The molecule has 0 radical (unpaired) electrons. The van der Waals surface area contributed by atoms with Crippen LogP contribution in [-0.4, -0.2) is 73.4 Å². The van der Waals surface area contributed by atoms with E-state index in [2.05, 4.69) is 116 Å². The van der Waals surface area contributed by atoms with Gasteiger partial charge >= 0.3 is 7.82 Å². The number of hydrogen-bond acceptors (Lipinski definition) is 5. The number of aliphatic hydroxyl groups is 1. The van der Waals surface area contributed by atoms with Gasteiger partial charge in [0.2, 0.25) is 5.91 Å². The van der Waals surface area contributed by atoms with Crippen molar-refractivity contribution in [2.24, 2.45) is 0 Å². The third-order valence-electron chi connectivity index (χ3n) is 10.2. The third-order valence-corrected chi connectivity index (χ3v) is 11.2. The number of aliphatic hydroxyl groups excluding tert-OH is 1. The van der Waals surface area contributed by atoms with Gasteiger partial charge in [0.1, 0.15) is 13.2 Å². The lowest BCUT2D eigenvalue weighted by molar-refractivity contribution is -0.870. The zero-order chi connectivity index (χ0) is 46.4. The molecule has 9 heteroatoms. The highest BCUT2D eigenvalue weighted by atomic mass is 31.2. The van der Waals surface area contributed by atoms with E-state index < -0.39 is 20.0 Å². The molecule has 0 aliphatic rings. The molecule has 1 amide bonds.